The van der Waals surface area contributed by atoms with Crippen LogP contribution in [0.1, 0.15) is 5.56 Å². The van der Waals surface area contributed by atoms with E-state index in [0.717, 1.165) is 13.2 Å². The molecule has 0 radical (unpaired) electrons. The molecule has 0 saturated carbocycles. The molecule has 0 bridgehead atoms. The summed E-state index contributed by atoms with van der Waals surface area (Å²) in [5, 5.41) is 7.70. The SMILES string of the molecule is N=C(N)c1ccc(S(=O)(=O)CCSC2COC2)cc1. The molecule has 1 saturated heterocycles. The van der Waals surface area contributed by atoms with Gasteiger partial charge in [-0.1, -0.05) is 12.1 Å². The van der Waals surface area contributed by atoms with Gasteiger partial charge < -0.3 is 10.5 Å². The Balaban J connectivity index is 1.95. The number of rotatable bonds is 6. The Labute approximate surface area is 117 Å². The largest absolute Gasteiger partial charge is 0.384 e. The maximum Gasteiger partial charge on any atom is 0.179 e. The number of hydrogen-bond donors (Lipinski definition) is 2. The monoisotopic (exact) mass is 300 g/mol. The molecule has 0 aliphatic carbocycles. The van der Waals surface area contributed by atoms with E-state index in [1.807, 2.05) is 0 Å². The molecule has 19 heavy (non-hydrogen) atoms. The predicted molar refractivity (Wildman–Crippen MR) is 76.6 cm³/mol. The van der Waals surface area contributed by atoms with Crippen molar-refractivity contribution in [2.24, 2.45) is 5.73 Å². The highest BCUT2D eigenvalue weighted by molar-refractivity contribution is 8.01. The molecule has 0 atom stereocenters. The number of nitrogen functional groups attached to an aromatic ring is 1. The summed E-state index contributed by atoms with van der Waals surface area (Å²) in [6.45, 7) is 1.44. The molecule has 3 N–H and O–H groups in total. The zero-order valence-corrected chi connectivity index (χ0v) is 12.0. The number of nitrogens with one attached hydrogen (secondary N) is 1. The molecular formula is C12H16N2O3S2. The Hall–Kier alpha value is -1.05. The Morgan fingerprint density at radius 1 is 1.37 bits per heavy atom. The number of ether oxygens (including phenoxy) is 1. The van der Waals surface area contributed by atoms with Crippen molar-refractivity contribution in [3.63, 3.8) is 0 Å². The number of sulfone groups is 1. The van der Waals surface area contributed by atoms with Gasteiger partial charge in [-0.3, -0.25) is 5.41 Å². The molecule has 0 spiro atoms. The number of amidine groups is 1. The molecule has 104 valence electrons. The van der Waals surface area contributed by atoms with Crippen LogP contribution in [0.2, 0.25) is 0 Å². The normalized spacial score (nSPS) is 16.0. The van der Waals surface area contributed by atoms with Gasteiger partial charge in [-0.15, -0.1) is 0 Å². The van der Waals surface area contributed by atoms with Gasteiger partial charge in [0, 0.05) is 11.3 Å². The van der Waals surface area contributed by atoms with Gasteiger partial charge in [0.05, 0.1) is 29.1 Å². The van der Waals surface area contributed by atoms with E-state index in [1.54, 1.807) is 23.9 Å². The van der Waals surface area contributed by atoms with Crippen LogP contribution in [0, 0.1) is 5.41 Å². The predicted octanol–water partition coefficient (Wildman–Crippen LogP) is 0.876. The Bertz CT molecular complexity index is 551. The number of hydrogen-bond acceptors (Lipinski definition) is 5. The van der Waals surface area contributed by atoms with Crippen molar-refractivity contribution >= 4 is 27.4 Å². The molecule has 1 fully saturated rings. The topological polar surface area (TPSA) is 93.2 Å². The van der Waals surface area contributed by atoms with Gasteiger partial charge in [0.25, 0.3) is 0 Å². The van der Waals surface area contributed by atoms with Crippen LogP contribution in [0.4, 0.5) is 0 Å². The van der Waals surface area contributed by atoms with Crippen molar-refractivity contribution in [2.45, 2.75) is 10.1 Å². The summed E-state index contributed by atoms with van der Waals surface area (Å²) in [6, 6.07) is 6.12. The van der Waals surface area contributed by atoms with Crippen LogP contribution in [0.25, 0.3) is 0 Å². The van der Waals surface area contributed by atoms with E-state index < -0.39 is 9.84 Å². The second kappa shape index (κ2) is 5.94. The number of nitrogens with two attached hydrogens (primary N) is 1. The second-order valence-electron chi connectivity index (χ2n) is 4.29. The fraction of sp³-hybridized carbons (Fsp3) is 0.417. The molecule has 0 unspecified atom stereocenters. The Kier molecular flexibility index (Phi) is 4.49. The number of benzene rings is 1. The van der Waals surface area contributed by atoms with Gasteiger partial charge in [-0.25, -0.2) is 8.42 Å². The standard InChI is InChI=1S/C12H16N2O3S2/c13-12(14)9-1-3-11(4-2-9)19(15,16)6-5-18-10-7-17-8-10/h1-4,10H,5-8H2,(H3,13,14). The summed E-state index contributed by atoms with van der Waals surface area (Å²) in [4.78, 5) is 0.281. The van der Waals surface area contributed by atoms with Crippen LogP contribution >= 0.6 is 11.8 Å². The Morgan fingerprint density at radius 2 is 2.00 bits per heavy atom. The first-order chi connectivity index (χ1) is 8.99. The third kappa shape index (κ3) is 3.71. The average molecular weight is 300 g/mol. The summed E-state index contributed by atoms with van der Waals surface area (Å²) >= 11 is 1.63. The lowest BCUT2D eigenvalue weighted by Crippen LogP contribution is -2.31. The van der Waals surface area contributed by atoms with Gasteiger partial charge in [-0.2, -0.15) is 11.8 Å². The van der Waals surface area contributed by atoms with Crippen molar-refractivity contribution < 1.29 is 13.2 Å². The minimum atomic E-state index is -3.26. The molecule has 1 aliphatic heterocycles. The number of thioether (sulfide) groups is 1. The molecule has 7 heteroatoms. The zero-order valence-electron chi connectivity index (χ0n) is 10.3. The maximum atomic E-state index is 12.1. The lowest BCUT2D eigenvalue weighted by Gasteiger charge is -2.25. The first-order valence-corrected chi connectivity index (χ1v) is 8.56. The van der Waals surface area contributed by atoms with E-state index in [-0.39, 0.29) is 16.5 Å². The maximum absolute atomic E-state index is 12.1. The quantitative estimate of drug-likeness (QED) is 0.601. The smallest absolute Gasteiger partial charge is 0.179 e. The van der Waals surface area contributed by atoms with Crippen molar-refractivity contribution in [1.82, 2.24) is 0 Å². The minimum Gasteiger partial charge on any atom is -0.384 e. The molecule has 5 nitrogen and oxygen atoms in total. The highest BCUT2D eigenvalue weighted by atomic mass is 32.2. The van der Waals surface area contributed by atoms with Crippen LogP contribution in [0.5, 0.6) is 0 Å². The Morgan fingerprint density at radius 3 is 2.47 bits per heavy atom. The van der Waals surface area contributed by atoms with Crippen molar-refractivity contribution in [3.05, 3.63) is 29.8 Å². The summed E-state index contributed by atoms with van der Waals surface area (Å²) in [5.41, 5.74) is 5.85. The molecule has 1 aromatic rings. The molecule has 1 aliphatic rings. The van der Waals surface area contributed by atoms with E-state index in [2.05, 4.69) is 0 Å². The van der Waals surface area contributed by atoms with E-state index >= 15 is 0 Å². The van der Waals surface area contributed by atoms with E-state index in [9.17, 15) is 8.42 Å². The first kappa shape index (κ1) is 14.4. The molecule has 0 amide bonds. The minimum absolute atomic E-state index is 0.0653. The van der Waals surface area contributed by atoms with Crippen LogP contribution in [0.3, 0.4) is 0 Å². The fourth-order valence-corrected chi connectivity index (χ4v) is 4.36. The average Bonchev–Trinajstić information content (AvgIpc) is 2.32. The highest BCUT2D eigenvalue weighted by Crippen LogP contribution is 2.20. The molecule has 0 aromatic heterocycles. The second-order valence-corrected chi connectivity index (χ2v) is 7.80. The molecular weight excluding hydrogens is 284 g/mol. The zero-order chi connectivity index (χ0) is 13.9. The highest BCUT2D eigenvalue weighted by Gasteiger charge is 2.20. The third-order valence-corrected chi connectivity index (χ3v) is 6.01. The van der Waals surface area contributed by atoms with Crippen LogP contribution in [-0.2, 0) is 14.6 Å². The van der Waals surface area contributed by atoms with Gasteiger partial charge in [0.1, 0.15) is 5.84 Å². The molecule has 1 heterocycles. The van der Waals surface area contributed by atoms with Gasteiger partial charge in [0.2, 0.25) is 0 Å². The summed E-state index contributed by atoms with van der Waals surface area (Å²) in [5.74, 6) is 0.628. The van der Waals surface area contributed by atoms with Crippen molar-refractivity contribution in [2.75, 3.05) is 24.7 Å². The van der Waals surface area contributed by atoms with Crippen LogP contribution < -0.4 is 5.73 Å². The molecule has 1 aromatic carbocycles. The van der Waals surface area contributed by atoms with Crippen molar-refractivity contribution in [1.29, 1.82) is 5.41 Å². The van der Waals surface area contributed by atoms with Gasteiger partial charge in [0.15, 0.2) is 9.84 Å². The third-order valence-electron chi connectivity index (χ3n) is 2.84. The van der Waals surface area contributed by atoms with E-state index in [1.165, 1.54) is 12.1 Å². The van der Waals surface area contributed by atoms with E-state index in [4.69, 9.17) is 15.9 Å². The van der Waals surface area contributed by atoms with Crippen LogP contribution in [-0.4, -0.2) is 44.2 Å². The van der Waals surface area contributed by atoms with Crippen LogP contribution in [0.15, 0.2) is 29.2 Å². The fourth-order valence-electron chi connectivity index (χ4n) is 1.59. The van der Waals surface area contributed by atoms with Gasteiger partial charge >= 0.3 is 0 Å². The summed E-state index contributed by atoms with van der Waals surface area (Å²) < 4.78 is 29.2. The molecule has 2 rings (SSSR count). The lowest BCUT2D eigenvalue weighted by molar-refractivity contribution is 0.0455. The lowest BCUT2D eigenvalue weighted by atomic mass is 10.2. The summed E-state index contributed by atoms with van der Waals surface area (Å²) in [7, 11) is -3.26. The van der Waals surface area contributed by atoms with Gasteiger partial charge in [-0.05, 0) is 12.1 Å². The van der Waals surface area contributed by atoms with Crippen molar-refractivity contribution in [3.8, 4) is 0 Å². The summed E-state index contributed by atoms with van der Waals surface area (Å²) in [6.07, 6.45) is 0. The van der Waals surface area contributed by atoms with E-state index in [0.29, 0.717) is 16.6 Å². The first-order valence-electron chi connectivity index (χ1n) is 5.85.